The van der Waals surface area contributed by atoms with E-state index in [1.807, 2.05) is 0 Å². The predicted molar refractivity (Wildman–Crippen MR) is 72.9 cm³/mol. The van der Waals surface area contributed by atoms with Crippen LogP contribution in [-0.4, -0.2) is 26.0 Å². The molecular weight excluding hydrogens is 274 g/mol. The largest absolute Gasteiger partial charge is 0.366 e. The summed E-state index contributed by atoms with van der Waals surface area (Å²) in [5.41, 5.74) is 6.29. The smallest absolute Gasteiger partial charge is 0.241 e. The van der Waals surface area contributed by atoms with Crippen LogP contribution in [0.5, 0.6) is 0 Å². The lowest BCUT2D eigenvalue weighted by Crippen LogP contribution is -2.11. The van der Waals surface area contributed by atoms with Crippen molar-refractivity contribution in [3.8, 4) is 0 Å². The van der Waals surface area contributed by atoms with Crippen molar-refractivity contribution < 1.29 is 13.2 Å². The molecule has 1 rings (SSSR count). The Bertz CT molecular complexity index is 552. The van der Waals surface area contributed by atoms with Crippen LogP contribution in [0, 0.1) is 0 Å². The zero-order valence-electron chi connectivity index (χ0n) is 9.67. The van der Waals surface area contributed by atoms with E-state index in [2.05, 4.69) is 0 Å². The maximum Gasteiger partial charge on any atom is 0.241 e. The molecule has 0 radical (unpaired) electrons. The molecule has 0 aromatic heterocycles. The first-order valence-corrected chi connectivity index (χ1v) is 7.62. The van der Waals surface area contributed by atoms with Gasteiger partial charge in [-0.1, -0.05) is 24.3 Å². The molecule has 0 saturated heterocycles. The highest BCUT2D eigenvalue weighted by Gasteiger charge is 2.12. The topological polar surface area (TPSA) is 77.2 Å². The molecule has 1 aromatic rings. The van der Waals surface area contributed by atoms with Crippen LogP contribution in [0.1, 0.15) is 11.1 Å². The first kappa shape index (κ1) is 14.7. The lowest BCUT2D eigenvalue weighted by molar-refractivity contribution is -0.113. The van der Waals surface area contributed by atoms with Crippen LogP contribution < -0.4 is 5.73 Å². The summed E-state index contributed by atoms with van der Waals surface area (Å²) < 4.78 is 23.4. The highest BCUT2D eigenvalue weighted by molar-refractivity contribution is 7.90. The Morgan fingerprint density at radius 1 is 1.33 bits per heavy atom. The van der Waals surface area contributed by atoms with E-state index >= 15 is 0 Å². The fourth-order valence-electron chi connectivity index (χ4n) is 1.43. The van der Waals surface area contributed by atoms with Gasteiger partial charge >= 0.3 is 0 Å². The van der Waals surface area contributed by atoms with Crippen LogP contribution in [0.4, 0.5) is 0 Å². The number of carbonyl (C=O) groups is 1. The average Bonchev–Trinajstić information content (AvgIpc) is 2.27. The van der Waals surface area contributed by atoms with Crippen molar-refractivity contribution in [3.63, 3.8) is 0 Å². The summed E-state index contributed by atoms with van der Waals surface area (Å²) in [5, 5.41) is 0. The summed E-state index contributed by atoms with van der Waals surface area (Å²) in [7, 11) is -3.23. The van der Waals surface area contributed by atoms with Crippen LogP contribution >= 0.6 is 11.6 Å². The Morgan fingerprint density at radius 2 is 2.00 bits per heavy atom. The van der Waals surface area contributed by atoms with Gasteiger partial charge < -0.3 is 5.73 Å². The number of hydrogen-bond donors (Lipinski definition) is 1. The molecule has 0 aliphatic heterocycles. The Kier molecular flexibility index (Phi) is 5.37. The Hall–Kier alpha value is -1.33. The minimum Gasteiger partial charge on any atom is -0.366 e. The second-order valence-electron chi connectivity index (χ2n) is 3.72. The molecule has 98 valence electrons. The van der Waals surface area contributed by atoms with Crippen molar-refractivity contribution in [1.82, 2.24) is 0 Å². The fraction of sp³-hybridized carbons (Fsp3) is 0.250. The number of rotatable bonds is 6. The van der Waals surface area contributed by atoms with E-state index in [1.54, 1.807) is 24.3 Å². The summed E-state index contributed by atoms with van der Waals surface area (Å²) in [5.74, 6) is -0.670. The molecule has 0 aliphatic carbocycles. The number of hydrogen-bond acceptors (Lipinski definition) is 3. The number of halogens is 1. The quantitative estimate of drug-likeness (QED) is 0.633. The second-order valence-corrected chi connectivity index (χ2v) is 6.28. The molecule has 0 fully saturated rings. The molecular formula is C12H14ClNO3S. The number of primary amides is 1. The molecule has 0 spiro atoms. The van der Waals surface area contributed by atoms with E-state index in [4.69, 9.17) is 17.3 Å². The third-order valence-corrected chi connectivity index (χ3v) is 4.24. The molecule has 18 heavy (non-hydrogen) atoms. The summed E-state index contributed by atoms with van der Waals surface area (Å²) in [6, 6.07) is 6.93. The van der Waals surface area contributed by atoms with Gasteiger partial charge in [0.2, 0.25) is 5.91 Å². The van der Waals surface area contributed by atoms with Gasteiger partial charge in [-0.25, -0.2) is 8.42 Å². The number of amides is 1. The van der Waals surface area contributed by atoms with Gasteiger partial charge in [0.1, 0.15) is 0 Å². The van der Waals surface area contributed by atoms with Crippen molar-refractivity contribution in [2.45, 2.75) is 5.75 Å². The summed E-state index contributed by atoms with van der Waals surface area (Å²) in [6.07, 6.45) is 2.71. The van der Waals surface area contributed by atoms with Gasteiger partial charge in [-0.3, -0.25) is 4.79 Å². The predicted octanol–water partition coefficient (Wildman–Crippen LogP) is 1.34. The van der Waals surface area contributed by atoms with E-state index in [1.165, 1.54) is 12.2 Å². The molecule has 6 heteroatoms. The standard InChI is InChI=1S/C12H14ClNO3S/c13-7-8-18(16,17)9-11-4-2-1-3-10(11)5-6-12(14)15/h1-6H,7-9H2,(H2,14,15). The molecule has 1 aromatic carbocycles. The first-order chi connectivity index (χ1) is 8.44. The molecule has 0 heterocycles. The zero-order valence-corrected chi connectivity index (χ0v) is 11.2. The number of benzene rings is 1. The van der Waals surface area contributed by atoms with Crippen molar-refractivity contribution in [3.05, 3.63) is 41.5 Å². The summed E-state index contributed by atoms with van der Waals surface area (Å²) in [6.45, 7) is 0. The monoisotopic (exact) mass is 287 g/mol. The highest BCUT2D eigenvalue weighted by Crippen LogP contribution is 2.14. The zero-order chi connectivity index (χ0) is 13.6. The summed E-state index contributed by atoms with van der Waals surface area (Å²) in [4.78, 5) is 10.7. The van der Waals surface area contributed by atoms with E-state index in [0.29, 0.717) is 11.1 Å². The van der Waals surface area contributed by atoms with Gasteiger partial charge in [-0.15, -0.1) is 11.6 Å². The van der Waals surface area contributed by atoms with Gasteiger partial charge in [-0.05, 0) is 17.2 Å². The van der Waals surface area contributed by atoms with Crippen LogP contribution in [0.3, 0.4) is 0 Å². The minimum atomic E-state index is -3.23. The molecule has 0 unspecified atom stereocenters. The Balaban J connectivity index is 2.99. The number of sulfone groups is 1. The highest BCUT2D eigenvalue weighted by atomic mass is 35.5. The van der Waals surface area contributed by atoms with Crippen molar-refractivity contribution in [2.24, 2.45) is 5.73 Å². The van der Waals surface area contributed by atoms with Crippen LogP contribution in [0.25, 0.3) is 6.08 Å². The van der Waals surface area contributed by atoms with Gasteiger partial charge in [0.15, 0.2) is 9.84 Å². The fourth-order valence-corrected chi connectivity index (χ4v) is 3.25. The van der Waals surface area contributed by atoms with E-state index in [-0.39, 0.29) is 17.4 Å². The lowest BCUT2D eigenvalue weighted by atomic mass is 10.1. The Morgan fingerprint density at radius 3 is 2.61 bits per heavy atom. The Labute approximate surface area is 111 Å². The molecule has 2 N–H and O–H groups in total. The number of carbonyl (C=O) groups excluding carboxylic acids is 1. The van der Waals surface area contributed by atoms with Crippen LogP contribution in [0.15, 0.2) is 30.3 Å². The minimum absolute atomic E-state index is 0.0670. The van der Waals surface area contributed by atoms with Gasteiger partial charge in [0.05, 0.1) is 11.5 Å². The molecule has 1 amide bonds. The normalized spacial score (nSPS) is 11.8. The molecule has 0 saturated carbocycles. The molecule has 0 atom stereocenters. The first-order valence-electron chi connectivity index (χ1n) is 5.26. The molecule has 0 aliphatic rings. The maximum atomic E-state index is 11.7. The maximum absolute atomic E-state index is 11.7. The second kappa shape index (κ2) is 6.56. The van der Waals surface area contributed by atoms with Gasteiger partial charge in [0, 0.05) is 12.0 Å². The van der Waals surface area contributed by atoms with E-state index in [9.17, 15) is 13.2 Å². The van der Waals surface area contributed by atoms with E-state index in [0.717, 1.165) is 0 Å². The van der Waals surface area contributed by atoms with Crippen LogP contribution in [-0.2, 0) is 20.4 Å². The lowest BCUT2D eigenvalue weighted by Gasteiger charge is -2.06. The average molecular weight is 288 g/mol. The van der Waals surface area contributed by atoms with Crippen molar-refractivity contribution >= 4 is 33.4 Å². The van der Waals surface area contributed by atoms with Crippen LogP contribution in [0.2, 0.25) is 0 Å². The number of alkyl halides is 1. The third-order valence-electron chi connectivity index (χ3n) is 2.25. The van der Waals surface area contributed by atoms with Crippen molar-refractivity contribution in [2.75, 3.05) is 11.6 Å². The van der Waals surface area contributed by atoms with Crippen molar-refractivity contribution in [1.29, 1.82) is 0 Å². The van der Waals surface area contributed by atoms with E-state index < -0.39 is 15.7 Å². The van der Waals surface area contributed by atoms with Gasteiger partial charge in [0.25, 0.3) is 0 Å². The summed E-state index contributed by atoms with van der Waals surface area (Å²) >= 11 is 5.44. The molecule has 4 nitrogen and oxygen atoms in total. The number of nitrogens with two attached hydrogens (primary N) is 1. The molecule has 0 bridgehead atoms. The SMILES string of the molecule is NC(=O)C=Cc1ccccc1CS(=O)(=O)CCCl. The van der Waals surface area contributed by atoms with Gasteiger partial charge in [-0.2, -0.15) is 0 Å². The third kappa shape index (κ3) is 4.89.